The van der Waals surface area contributed by atoms with E-state index in [0.717, 1.165) is 16.7 Å². The van der Waals surface area contributed by atoms with Gasteiger partial charge < -0.3 is 50.4 Å². The summed E-state index contributed by atoms with van der Waals surface area (Å²) in [4.78, 5) is 82.1. The van der Waals surface area contributed by atoms with Crippen molar-refractivity contribution in [3.05, 3.63) is 108 Å². The van der Waals surface area contributed by atoms with Crippen molar-refractivity contribution in [3.8, 4) is 0 Å². The molecule has 0 fully saturated rings. The SMILES string of the molecule is NCCCC[C@](N)(C(=O)Cn1cnnn1)C(=O)Nc1ccc(C(c2ccc(NC(=O)[C@](N)(CCCCN)C(=O)Cn3cnnn3)cc2)c2ccc(NC(=O)[C@](N)(CCCCN)C(=O)Cn3cnnn3)cc2)cc1. The van der Waals surface area contributed by atoms with Crippen LogP contribution in [-0.2, 0) is 48.4 Å². The zero-order valence-electron chi connectivity index (χ0n) is 40.1. The van der Waals surface area contributed by atoms with Crippen molar-refractivity contribution in [1.29, 1.82) is 0 Å². The van der Waals surface area contributed by atoms with E-state index >= 15 is 0 Å². The molecule has 27 nitrogen and oxygen atoms in total. The molecule has 3 aromatic carbocycles. The van der Waals surface area contributed by atoms with Crippen LogP contribution in [-0.4, -0.2) is 132 Å². The molecule has 386 valence electrons. The highest BCUT2D eigenvalue weighted by Gasteiger charge is 2.44. The topological polar surface area (TPSA) is 425 Å². The first-order valence-corrected chi connectivity index (χ1v) is 23.6. The van der Waals surface area contributed by atoms with Gasteiger partial charge in [-0.15, -0.1) is 15.3 Å². The maximum atomic E-state index is 13.9. The summed E-state index contributed by atoms with van der Waals surface area (Å²) in [5.74, 6) is -4.46. The van der Waals surface area contributed by atoms with Crippen LogP contribution < -0.4 is 50.4 Å². The Morgan fingerprint density at radius 1 is 0.425 bits per heavy atom. The van der Waals surface area contributed by atoms with Gasteiger partial charge in [0.2, 0.25) is 0 Å². The van der Waals surface area contributed by atoms with Crippen molar-refractivity contribution >= 4 is 52.1 Å². The minimum absolute atomic E-state index is 0.0270. The van der Waals surface area contributed by atoms with E-state index in [2.05, 4.69) is 62.5 Å². The number of unbranched alkanes of at least 4 members (excludes halogenated alkanes) is 3. The maximum absolute atomic E-state index is 13.9. The number of anilines is 3. The number of nitrogens with one attached hydrogen (secondary N) is 3. The first-order valence-electron chi connectivity index (χ1n) is 23.6. The summed E-state index contributed by atoms with van der Waals surface area (Å²) in [5.41, 5.74) is 34.4. The first kappa shape index (κ1) is 54.4. The molecular weight excluding hydrogens is 943 g/mol. The van der Waals surface area contributed by atoms with Crippen LogP contribution in [0.25, 0.3) is 0 Å². The Labute approximate surface area is 418 Å². The third-order valence-corrected chi connectivity index (χ3v) is 12.4. The van der Waals surface area contributed by atoms with Crippen LogP contribution in [0.1, 0.15) is 80.4 Å². The second-order valence-electron chi connectivity index (χ2n) is 17.6. The molecule has 0 saturated carbocycles. The number of hydrogen-bond donors (Lipinski definition) is 9. The van der Waals surface area contributed by atoms with Crippen molar-refractivity contribution in [2.24, 2.45) is 34.4 Å². The molecule has 3 amide bonds. The van der Waals surface area contributed by atoms with E-state index in [0.29, 0.717) is 75.2 Å². The first-order chi connectivity index (χ1) is 35.1. The molecule has 0 radical (unpaired) electrons. The quantitative estimate of drug-likeness (QED) is 0.0147. The predicted molar refractivity (Wildman–Crippen MR) is 264 cm³/mol. The van der Waals surface area contributed by atoms with Gasteiger partial charge in [-0.05, 0) is 162 Å². The second kappa shape index (κ2) is 25.4. The van der Waals surface area contributed by atoms with Gasteiger partial charge in [0.05, 0.1) is 0 Å². The fourth-order valence-electron chi connectivity index (χ4n) is 7.99. The number of carbonyl (C=O) groups is 6. The number of hydrogen-bond acceptors (Lipinski definition) is 21. The van der Waals surface area contributed by atoms with E-state index in [9.17, 15) is 28.8 Å². The maximum Gasteiger partial charge on any atom is 0.252 e. The normalized spacial score (nSPS) is 13.8. The van der Waals surface area contributed by atoms with Gasteiger partial charge in [-0.1, -0.05) is 36.4 Å². The highest BCUT2D eigenvalue weighted by molar-refractivity contribution is 6.16. The number of carbonyl (C=O) groups excluding carboxylic acids is 6. The molecule has 15 N–H and O–H groups in total. The van der Waals surface area contributed by atoms with Crippen LogP contribution in [0.15, 0.2) is 91.8 Å². The molecule has 0 aliphatic carbocycles. The zero-order chi connectivity index (χ0) is 52.4. The molecular formula is C46H61N21O6. The van der Waals surface area contributed by atoms with E-state index in [1.807, 2.05) is 0 Å². The van der Waals surface area contributed by atoms with Crippen molar-refractivity contribution in [3.63, 3.8) is 0 Å². The van der Waals surface area contributed by atoms with Crippen LogP contribution in [0.3, 0.4) is 0 Å². The standard InChI is InChI=1S/C46H61N21O6/c47-22-4-1-19-44(50,37(68)25-65-28-53-59-62-65)41(71)56-34-13-7-31(8-14-34)40(32-9-15-35(16-10-32)57-42(72)45(51,20-2-5-23-48)38(69)26-66-29-54-60-63-66)33-11-17-36(18-12-33)58-43(73)46(52,21-3-6-24-49)39(70)27-67-30-55-61-64-67/h7-18,28-30,40H,1-6,19-27,47-52H2,(H,56,71)(H,57,72)(H,58,73)/t44-,45-,46-/m0/s1. The van der Waals surface area contributed by atoms with Gasteiger partial charge in [0.25, 0.3) is 17.7 Å². The molecule has 0 spiro atoms. The molecule has 3 heterocycles. The van der Waals surface area contributed by atoms with Crippen LogP contribution in [0, 0.1) is 0 Å². The molecule has 6 aromatic rings. The summed E-state index contributed by atoms with van der Waals surface area (Å²) >= 11 is 0. The third kappa shape index (κ3) is 13.9. The molecule has 3 aromatic heterocycles. The smallest absolute Gasteiger partial charge is 0.252 e. The second-order valence-corrected chi connectivity index (χ2v) is 17.6. The molecule has 27 heteroatoms. The zero-order valence-corrected chi connectivity index (χ0v) is 40.1. The largest absolute Gasteiger partial charge is 0.330 e. The summed E-state index contributed by atoms with van der Waals surface area (Å²) < 4.78 is 3.56. The summed E-state index contributed by atoms with van der Waals surface area (Å²) in [6, 6.07) is 20.8. The fourth-order valence-corrected chi connectivity index (χ4v) is 7.99. The predicted octanol–water partition coefficient (Wildman–Crippen LogP) is -1.07. The number of nitrogens with zero attached hydrogens (tertiary/aromatic N) is 12. The van der Waals surface area contributed by atoms with Gasteiger partial charge >= 0.3 is 0 Å². The van der Waals surface area contributed by atoms with Gasteiger partial charge in [0.1, 0.15) is 38.6 Å². The van der Waals surface area contributed by atoms with E-state index in [-0.39, 0.29) is 38.9 Å². The van der Waals surface area contributed by atoms with Gasteiger partial charge in [-0.3, -0.25) is 28.8 Å². The van der Waals surface area contributed by atoms with Crippen molar-refractivity contribution in [1.82, 2.24) is 60.6 Å². The molecule has 0 unspecified atom stereocenters. The molecule has 73 heavy (non-hydrogen) atoms. The van der Waals surface area contributed by atoms with E-state index < -0.39 is 57.6 Å². The summed E-state index contributed by atoms with van der Waals surface area (Å²) in [7, 11) is 0. The van der Waals surface area contributed by atoms with Crippen LogP contribution >= 0.6 is 0 Å². The Morgan fingerprint density at radius 2 is 0.685 bits per heavy atom. The Balaban J connectivity index is 1.28. The molecule has 0 bridgehead atoms. The summed E-state index contributed by atoms with van der Waals surface area (Å²) in [5, 5.41) is 40.9. The average molecular weight is 1000 g/mol. The van der Waals surface area contributed by atoms with E-state index in [1.54, 1.807) is 72.8 Å². The minimum atomic E-state index is -1.93. The number of benzene rings is 3. The number of nitrogens with two attached hydrogens (primary N) is 6. The summed E-state index contributed by atoms with van der Waals surface area (Å²) in [6.07, 6.45) is 6.69. The fraction of sp³-hybridized carbons (Fsp3) is 0.413. The molecule has 0 aliphatic heterocycles. The van der Waals surface area contributed by atoms with Gasteiger partial charge in [-0.2, -0.15) is 0 Å². The number of ketones is 3. The Hall–Kier alpha value is -7.95. The number of rotatable bonds is 30. The molecule has 6 rings (SSSR count). The third-order valence-electron chi connectivity index (χ3n) is 12.4. The Morgan fingerprint density at radius 3 is 0.904 bits per heavy atom. The lowest BCUT2D eigenvalue weighted by Crippen LogP contribution is -2.58. The summed E-state index contributed by atoms with van der Waals surface area (Å²) in [6.45, 7) is 0.0687. The van der Waals surface area contributed by atoms with Crippen molar-refractivity contribution < 1.29 is 28.8 Å². The Bertz CT molecular complexity index is 2440. The Kier molecular flexibility index (Phi) is 18.9. The van der Waals surface area contributed by atoms with Crippen LogP contribution in [0.4, 0.5) is 17.1 Å². The van der Waals surface area contributed by atoms with Crippen molar-refractivity contribution in [2.45, 2.75) is 100.0 Å². The highest BCUT2D eigenvalue weighted by Crippen LogP contribution is 2.35. The minimum Gasteiger partial charge on any atom is -0.330 e. The molecule has 0 aliphatic rings. The van der Waals surface area contributed by atoms with E-state index in [1.165, 1.54) is 33.0 Å². The van der Waals surface area contributed by atoms with Crippen molar-refractivity contribution in [2.75, 3.05) is 35.6 Å². The monoisotopic (exact) mass is 1000 g/mol. The number of tetrazole rings is 3. The van der Waals surface area contributed by atoms with E-state index in [4.69, 9.17) is 34.4 Å². The number of aromatic nitrogens is 12. The number of amides is 3. The van der Waals surface area contributed by atoms with Crippen LogP contribution in [0.2, 0.25) is 0 Å². The lowest BCUT2D eigenvalue weighted by atomic mass is 9.84. The molecule has 0 saturated heterocycles. The van der Waals surface area contributed by atoms with Gasteiger partial charge in [-0.25, -0.2) is 14.0 Å². The lowest BCUT2D eigenvalue weighted by molar-refractivity contribution is -0.135. The van der Waals surface area contributed by atoms with Gasteiger partial charge in [0, 0.05) is 23.0 Å². The average Bonchev–Trinajstić information content (AvgIpc) is 4.22. The van der Waals surface area contributed by atoms with Gasteiger partial charge in [0.15, 0.2) is 34.0 Å². The van der Waals surface area contributed by atoms with Crippen LogP contribution in [0.5, 0.6) is 0 Å². The number of Topliss-reactive ketones (excluding diaryl/α,β-unsaturated/α-hetero) is 3. The highest BCUT2D eigenvalue weighted by atomic mass is 16.2. The lowest BCUT2D eigenvalue weighted by Gasteiger charge is -2.27. The molecule has 3 atom stereocenters.